The molecule has 17 heavy (non-hydrogen) atoms. The van der Waals surface area contributed by atoms with E-state index in [2.05, 4.69) is 10.2 Å². The van der Waals surface area contributed by atoms with Gasteiger partial charge in [0.2, 0.25) is 5.91 Å². The molecule has 0 aliphatic carbocycles. The second-order valence-corrected chi connectivity index (χ2v) is 4.56. The van der Waals surface area contributed by atoms with Gasteiger partial charge in [-0.1, -0.05) is 0 Å². The number of piperazine rings is 1. The van der Waals surface area contributed by atoms with Crippen LogP contribution in [0.5, 0.6) is 0 Å². The van der Waals surface area contributed by atoms with Crippen molar-refractivity contribution in [3.8, 4) is 0 Å². The van der Waals surface area contributed by atoms with Crippen LogP contribution in [0, 0.1) is 0 Å². The van der Waals surface area contributed by atoms with E-state index >= 15 is 0 Å². The fraction of sp³-hybridized carbons (Fsp3) is 0.909. The van der Waals surface area contributed by atoms with Crippen molar-refractivity contribution in [3.05, 3.63) is 0 Å². The standard InChI is InChI=1S/C11H22N4O2/c12-7-10-8-13-1-2-15(10)9-11(16)14-3-5-17-6-4-14/h10,13H,1-9,12H2. The first-order valence-corrected chi connectivity index (χ1v) is 6.31. The molecule has 2 fully saturated rings. The van der Waals surface area contributed by atoms with Crippen molar-refractivity contribution in [2.24, 2.45) is 5.73 Å². The summed E-state index contributed by atoms with van der Waals surface area (Å²) in [6.45, 7) is 6.57. The molecule has 1 amide bonds. The zero-order valence-corrected chi connectivity index (χ0v) is 10.2. The fourth-order valence-electron chi connectivity index (χ4n) is 2.33. The van der Waals surface area contributed by atoms with Crippen molar-refractivity contribution in [1.29, 1.82) is 0 Å². The van der Waals surface area contributed by atoms with Crippen LogP contribution in [-0.4, -0.2) is 80.8 Å². The van der Waals surface area contributed by atoms with Crippen molar-refractivity contribution < 1.29 is 9.53 Å². The van der Waals surface area contributed by atoms with Gasteiger partial charge >= 0.3 is 0 Å². The molecule has 2 aliphatic rings. The number of nitrogens with two attached hydrogens (primary N) is 1. The molecule has 0 aromatic carbocycles. The quantitative estimate of drug-likeness (QED) is 0.603. The van der Waals surface area contributed by atoms with Crippen molar-refractivity contribution in [1.82, 2.24) is 15.1 Å². The summed E-state index contributed by atoms with van der Waals surface area (Å²) in [5.41, 5.74) is 5.72. The molecule has 6 heteroatoms. The number of ether oxygens (including phenoxy) is 1. The maximum atomic E-state index is 12.1. The predicted octanol–water partition coefficient (Wildman–Crippen LogP) is -1.92. The Morgan fingerprint density at radius 3 is 2.82 bits per heavy atom. The predicted molar refractivity (Wildman–Crippen MR) is 64.7 cm³/mol. The van der Waals surface area contributed by atoms with Crippen LogP contribution in [-0.2, 0) is 9.53 Å². The number of carbonyl (C=O) groups excluding carboxylic acids is 1. The van der Waals surface area contributed by atoms with Crippen molar-refractivity contribution in [2.75, 3.05) is 59.0 Å². The Morgan fingerprint density at radius 2 is 2.12 bits per heavy atom. The molecule has 0 radical (unpaired) electrons. The third-order valence-corrected chi connectivity index (χ3v) is 3.45. The first-order chi connectivity index (χ1) is 8.31. The van der Waals surface area contributed by atoms with Crippen LogP contribution < -0.4 is 11.1 Å². The SMILES string of the molecule is NCC1CNCCN1CC(=O)N1CCOCC1. The van der Waals surface area contributed by atoms with Crippen LogP contribution in [0.1, 0.15) is 0 Å². The average molecular weight is 242 g/mol. The molecule has 2 heterocycles. The molecule has 3 N–H and O–H groups in total. The van der Waals surface area contributed by atoms with E-state index in [0.717, 1.165) is 32.7 Å². The number of nitrogens with zero attached hydrogens (tertiary/aromatic N) is 2. The monoisotopic (exact) mass is 242 g/mol. The maximum absolute atomic E-state index is 12.1. The average Bonchev–Trinajstić information content (AvgIpc) is 2.40. The van der Waals surface area contributed by atoms with Crippen LogP contribution >= 0.6 is 0 Å². The number of nitrogens with one attached hydrogen (secondary N) is 1. The summed E-state index contributed by atoms with van der Waals surface area (Å²) in [6, 6.07) is 0.286. The summed E-state index contributed by atoms with van der Waals surface area (Å²) in [5, 5.41) is 3.30. The second kappa shape index (κ2) is 6.30. The minimum atomic E-state index is 0.202. The lowest BCUT2D eigenvalue weighted by atomic mass is 10.2. The van der Waals surface area contributed by atoms with Gasteiger partial charge in [-0.2, -0.15) is 0 Å². The zero-order chi connectivity index (χ0) is 12.1. The number of hydrogen-bond acceptors (Lipinski definition) is 5. The minimum absolute atomic E-state index is 0.202. The highest BCUT2D eigenvalue weighted by molar-refractivity contribution is 5.78. The second-order valence-electron chi connectivity index (χ2n) is 4.56. The lowest BCUT2D eigenvalue weighted by molar-refractivity contribution is -0.137. The van der Waals surface area contributed by atoms with Crippen LogP contribution in [0.15, 0.2) is 0 Å². The molecule has 6 nitrogen and oxygen atoms in total. The molecule has 2 rings (SSSR count). The number of morpholine rings is 1. The first kappa shape index (κ1) is 12.8. The topological polar surface area (TPSA) is 70.8 Å². The summed E-state index contributed by atoms with van der Waals surface area (Å²) in [4.78, 5) is 16.2. The van der Waals surface area contributed by atoms with E-state index < -0.39 is 0 Å². The minimum Gasteiger partial charge on any atom is -0.378 e. The Morgan fingerprint density at radius 1 is 1.35 bits per heavy atom. The third kappa shape index (κ3) is 3.38. The Hall–Kier alpha value is -0.690. The lowest BCUT2D eigenvalue weighted by Gasteiger charge is -2.36. The molecule has 2 saturated heterocycles. The Kier molecular flexibility index (Phi) is 4.73. The molecule has 1 atom stereocenters. The van der Waals surface area contributed by atoms with Gasteiger partial charge in [0.05, 0.1) is 19.8 Å². The molecule has 0 aromatic heterocycles. The molecule has 98 valence electrons. The van der Waals surface area contributed by atoms with E-state index in [0.29, 0.717) is 26.3 Å². The van der Waals surface area contributed by atoms with Crippen molar-refractivity contribution >= 4 is 5.91 Å². The normalized spacial score (nSPS) is 27.1. The smallest absolute Gasteiger partial charge is 0.236 e. The van der Waals surface area contributed by atoms with E-state index in [4.69, 9.17) is 10.5 Å². The summed E-state index contributed by atoms with van der Waals surface area (Å²) in [7, 11) is 0. The highest BCUT2D eigenvalue weighted by atomic mass is 16.5. The summed E-state index contributed by atoms with van der Waals surface area (Å²) >= 11 is 0. The Bertz CT molecular complexity index is 256. The summed E-state index contributed by atoms with van der Waals surface area (Å²) in [5.74, 6) is 0.202. The molecular formula is C11H22N4O2. The van der Waals surface area contributed by atoms with Crippen LogP contribution in [0.3, 0.4) is 0 Å². The van der Waals surface area contributed by atoms with E-state index in [9.17, 15) is 4.79 Å². The van der Waals surface area contributed by atoms with Gasteiger partial charge in [0.1, 0.15) is 0 Å². The third-order valence-electron chi connectivity index (χ3n) is 3.45. The Balaban J connectivity index is 1.83. The van der Waals surface area contributed by atoms with Gasteiger partial charge in [-0.05, 0) is 0 Å². The fourth-order valence-corrected chi connectivity index (χ4v) is 2.33. The summed E-state index contributed by atoms with van der Waals surface area (Å²) < 4.78 is 5.24. The Labute approximate surface area is 102 Å². The number of rotatable bonds is 3. The van der Waals surface area contributed by atoms with Gasteiger partial charge < -0.3 is 20.7 Å². The van der Waals surface area contributed by atoms with Gasteiger partial charge in [0, 0.05) is 45.3 Å². The molecule has 1 unspecified atom stereocenters. The molecule has 0 spiro atoms. The number of hydrogen-bond donors (Lipinski definition) is 2. The van der Waals surface area contributed by atoms with Crippen molar-refractivity contribution in [3.63, 3.8) is 0 Å². The molecule has 0 aromatic rings. The molecular weight excluding hydrogens is 220 g/mol. The maximum Gasteiger partial charge on any atom is 0.236 e. The van der Waals surface area contributed by atoms with E-state index in [1.165, 1.54) is 0 Å². The first-order valence-electron chi connectivity index (χ1n) is 6.31. The van der Waals surface area contributed by atoms with Crippen LogP contribution in [0.25, 0.3) is 0 Å². The largest absolute Gasteiger partial charge is 0.378 e. The molecule has 0 saturated carbocycles. The highest BCUT2D eigenvalue weighted by Gasteiger charge is 2.25. The summed E-state index contributed by atoms with van der Waals surface area (Å²) in [6.07, 6.45) is 0. The van der Waals surface area contributed by atoms with Gasteiger partial charge in [-0.25, -0.2) is 0 Å². The van der Waals surface area contributed by atoms with Crippen LogP contribution in [0.2, 0.25) is 0 Å². The molecule has 0 bridgehead atoms. The van der Waals surface area contributed by atoms with Gasteiger partial charge in [0.25, 0.3) is 0 Å². The lowest BCUT2D eigenvalue weighted by Crippen LogP contribution is -2.57. The number of amides is 1. The van der Waals surface area contributed by atoms with E-state index in [1.54, 1.807) is 0 Å². The van der Waals surface area contributed by atoms with Gasteiger partial charge in [-0.3, -0.25) is 9.69 Å². The van der Waals surface area contributed by atoms with Gasteiger partial charge in [-0.15, -0.1) is 0 Å². The van der Waals surface area contributed by atoms with Crippen LogP contribution in [0.4, 0.5) is 0 Å². The highest BCUT2D eigenvalue weighted by Crippen LogP contribution is 2.04. The van der Waals surface area contributed by atoms with E-state index in [1.807, 2.05) is 4.90 Å². The number of carbonyl (C=O) groups is 1. The van der Waals surface area contributed by atoms with Crippen molar-refractivity contribution in [2.45, 2.75) is 6.04 Å². The van der Waals surface area contributed by atoms with Gasteiger partial charge in [0.15, 0.2) is 0 Å². The van der Waals surface area contributed by atoms with E-state index in [-0.39, 0.29) is 11.9 Å². The molecule has 2 aliphatic heterocycles. The zero-order valence-electron chi connectivity index (χ0n) is 10.2.